The average Bonchev–Trinajstić information content (AvgIpc) is 2.39. The number of nitrogens with two attached hydrogens (primary N) is 2. The van der Waals surface area contributed by atoms with E-state index in [0.717, 1.165) is 17.3 Å². The molecule has 6 heteroatoms. The maximum atomic E-state index is 13.8. The highest BCUT2D eigenvalue weighted by Gasteiger charge is 2.11. The average molecular weight is 274 g/mol. The third-order valence-electron chi connectivity index (χ3n) is 2.86. The highest BCUT2D eigenvalue weighted by molar-refractivity contribution is 5.99. The summed E-state index contributed by atoms with van der Waals surface area (Å²) in [6.07, 6.45) is 1.70. The van der Waals surface area contributed by atoms with Gasteiger partial charge in [0.1, 0.15) is 5.82 Å². The minimum atomic E-state index is -0.692. The molecule has 1 aromatic heterocycles. The molecule has 2 aromatic rings. The Kier molecular flexibility index (Phi) is 3.84. The molecule has 0 fully saturated rings. The zero-order valence-electron chi connectivity index (χ0n) is 11.0. The first-order valence-corrected chi connectivity index (χ1v) is 6.01. The van der Waals surface area contributed by atoms with Crippen molar-refractivity contribution < 1.29 is 9.18 Å². The number of carbonyl (C=O) groups excluding carboxylic acids is 1. The summed E-state index contributed by atoms with van der Waals surface area (Å²) in [4.78, 5) is 15.3. The monoisotopic (exact) mass is 274 g/mol. The lowest BCUT2D eigenvalue weighted by Crippen LogP contribution is -2.15. The Bertz CT molecular complexity index is 640. The molecule has 5 nitrogen and oxygen atoms in total. The van der Waals surface area contributed by atoms with Gasteiger partial charge in [-0.1, -0.05) is 6.07 Å². The van der Waals surface area contributed by atoms with Crippen LogP contribution in [0.15, 0.2) is 30.5 Å². The number of anilines is 2. The summed E-state index contributed by atoms with van der Waals surface area (Å²) in [7, 11) is 0. The first kappa shape index (κ1) is 13.8. The first-order chi connectivity index (χ1) is 9.47. The van der Waals surface area contributed by atoms with E-state index >= 15 is 0 Å². The van der Waals surface area contributed by atoms with Crippen molar-refractivity contribution in [1.82, 2.24) is 4.98 Å². The van der Waals surface area contributed by atoms with Gasteiger partial charge in [0.2, 0.25) is 0 Å². The van der Waals surface area contributed by atoms with E-state index in [9.17, 15) is 9.18 Å². The molecule has 104 valence electrons. The Balaban J connectivity index is 2.18. The Morgan fingerprint density at radius 2 is 2.15 bits per heavy atom. The van der Waals surface area contributed by atoms with E-state index in [-0.39, 0.29) is 16.9 Å². The molecule has 2 rings (SSSR count). The van der Waals surface area contributed by atoms with Crippen molar-refractivity contribution in [3.05, 3.63) is 53.1 Å². The van der Waals surface area contributed by atoms with Crippen LogP contribution >= 0.6 is 0 Å². The fourth-order valence-electron chi connectivity index (χ4n) is 1.74. The molecule has 1 heterocycles. The molecule has 1 amide bonds. The van der Waals surface area contributed by atoms with E-state index in [1.165, 1.54) is 6.07 Å². The van der Waals surface area contributed by atoms with Crippen LogP contribution < -0.4 is 16.8 Å². The fourth-order valence-corrected chi connectivity index (χ4v) is 1.74. The van der Waals surface area contributed by atoms with E-state index in [0.29, 0.717) is 6.54 Å². The number of nitrogens with one attached hydrogen (secondary N) is 1. The third-order valence-corrected chi connectivity index (χ3v) is 2.86. The molecule has 20 heavy (non-hydrogen) atoms. The molecule has 5 N–H and O–H groups in total. The van der Waals surface area contributed by atoms with Crippen LogP contribution in [0.4, 0.5) is 15.8 Å². The van der Waals surface area contributed by atoms with Crippen LogP contribution in [-0.2, 0) is 6.54 Å². The van der Waals surface area contributed by atoms with Crippen molar-refractivity contribution in [2.45, 2.75) is 13.5 Å². The van der Waals surface area contributed by atoms with Gasteiger partial charge < -0.3 is 16.8 Å². The highest BCUT2D eigenvalue weighted by atomic mass is 19.1. The third kappa shape index (κ3) is 3.03. The second kappa shape index (κ2) is 5.56. The zero-order chi connectivity index (χ0) is 14.7. The number of primary amides is 1. The van der Waals surface area contributed by atoms with E-state index in [2.05, 4.69) is 10.3 Å². The second-order valence-corrected chi connectivity index (χ2v) is 4.44. The molecule has 0 aliphatic carbocycles. The summed E-state index contributed by atoms with van der Waals surface area (Å²) in [5.74, 6) is -1.23. The van der Waals surface area contributed by atoms with Crippen molar-refractivity contribution in [3.63, 3.8) is 0 Å². The smallest absolute Gasteiger partial charge is 0.250 e. The molecule has 0 aliphatic heterocycles. The SMILES string of the molecule is Cc1ccc(CNc2cc(C(N)=O)c(N)cc2F)cn1. The normalized spacial score (nSPS) is 10.3. The van der Waals surface area contributed by atoms with Crippen LogP contribution in [0.1, 0.15) is 21.6 Å². The lowest BCUT2D eigenvalue weighted by Gasteiger charge is -2.10. The summed E-state index contributed by atoms with van der Waals surface area (Å²) in [5, 5.41) is 2.89. The number of carbonyl (C=O) groups is 1. The van der Waals surface area contributed by atoms with E-state index in [4.69, 9.17) is 11.5 Å². The minimum absolute atomic E-state index is 0.0255. The van der Waals surface area contributed by atoms with Crippen LogP contribution in [0.25, 0.3) is 0 Å². The number of nitrogens with zero attached hydrogens (tertiary/aromatic N) is 1. The Morgan fingerprint density at radius 3 is 2.75 bits per heavy atom. The summed E-state index contributed by atoms with van der Waals surface area (Å²) >= 11 is 0. The first-order valence-electron chi connectivity index (χ1n) is 6.01. The molecule has 1 aromatic carbocycles. The maximum Gasteiger partial charge on any atom is 0.250 e. The van der Waals surface area contributed by atoms with Crippen molar-refractivity contribution in [2.75, 3.05) is 11.1 Å². The maximum absolute atomic E-state index is 13.8. The summed E-state index contributed by atoms with van der Waals surface area (Å²) in [6.45, 7) is 2.27. The summed E-state index contributed by atoms with van der Waals surface area (Å²) < 4.78 is 13.8. The number of amides is 1. The summed E-state index contributed by atoms with van der Waals surface area (Å²) in [5.41, 5.74) is 12.8. The standard InChI is InChI=1S/C14H15FN4O/c1-8-2-3-9(6-18-8)7-19-13-4-10(14(17)20)12(16)5-11(13)15/h2-6,19H,7,16H2,1H3,(H2,17,20). The number of halogens is 1. The van der Waals surface area contributed by atoms with Gasteiger partial charge in [-0.15, -0.1) is 0 Å². The molecular weight excluding hydrogens is 259 g/mol. The van der Waals surface area contributed by atoms with Crippen LogP contribution in [-0.4, -0.2) is 10.9 Å². The largest absolute Gasteiger partial charge is 0.398 e. The number of aromatic nitrogens is 1. The van der Waals surface area contributed by atoms with Crippen molar-refractivity contribution in [1.29, 1.82) is 0 Å². The number of aryl methyl sites for hydroxylation is 1. The van der Waals surface area contributed by atoms with Gasteiger partial charge in [-0.05, 0) is 30.7 Å². The highest BCUT2D eigenvalue weighted by Crippen LogP contribution is 2.22. The molecule has 0 spiro atoms. The van der Waals surface area contributed by atoms with Gasteiger partial charge in [0.25, 0.3) is 5.91 Å². The molecular formula is C14H15FN4O. The van der Waals surface area contributed by atoms with E-state index in [1.54, 1.807) is 6.20 Å². The number of rotatable bonds is 4. The van der Waals surface area contributed by atoms with Crippen molar-refractivity contribution in [3.8, 4) is 0 Å². The van der Waals surface area contributed by atoms with Gasteiger partial charge in [0, 0.05) is 24.1 Å². The second-order valence-electron chi connectivity index (χ2n) is 4.44. The lowest BCUT2D eigenvalue weighted by atomic mass is 10.1. The van der Waals surface area contributed by atoms with Crippen LogP contribution in [0.3, 0.4) is 0 Å². The quantitative estimate of drug-likeness (QED) is 0.741. The van der Waals surface area contributed by atoms with Gasteiger partial charge in [-0.2, -0.15) is 0 Å². The van der Waals surface area contributed by atoms with Crippen molar-refractivity contribution in [2.24, 2.45) is 5.73 Å². The molecule has 0 atom stereocenters. The van der Waals surface area contributed by atoms with Crippen molar-refractivity contribution >= 4 is 17.3 Å². The number of pyridine rings is 1. The fraction of sp³-hybridized carbons (Fsp3) is 0.143. The summed E-state index contributed by atoms with van der Waals surface area (Å²) in [6, 6.07) is 6.15. The van der Waals surface area contributed by atoms with Crippen LogP contribution in [0.2, 0.25) is 0 Å². The molecule has 0 bridgehead atoms. The van der Waals surface area contributed by atoms with Gasteiger partial charge in [-0.3, -0.25) is 9.78 Å². The molecule has 0 unspecified atom stereocenters. The van der Waals surface area contributed by atoms with Gasteiger partial charge in [-0.25, -0.2) is 4.39 Å². The Morgan fingerprint density at radius 1 is 1.40 bits per heavy atom. The van der Waals surface area contributed by atoms with Crippen LogP contribution in [0.5, 0.6) is 0 Å². The minimum Gasteiger partial charge on any atom is -0.398 e. The molecule has 0 saturated carbocycles. The van der Waals surface area contributed by atoms with Gasteiger partial charge in [0.15, 0.2) is 0 Å². The lowest BCUT2D eigenvalue weighted by molar-refractivity contribution is 0.100. The predicted molar refractivity (Wildman–Crippen MR) is 75.6 cm³/mol. The van der Waals surface area contributed by atoms with E-state index in [1.807, 2.05) is 19.1 Å². The number of hydrogen-bond donors (Lipinski definition) is 3. The molecule has 0 radical (unpaired) electrons. The van der Waals surface area contributed by atoms with E-state index < -0.39 is 11.7 Å². The Hall–Kier alpha value is -2.63. The molecule has 0 saturated heterocycles. The number of benzene rings is 1. The number of nitrogen functional groups attached to an aromatic ring is 1. The zero-order valence-corrected chi connectivity index (χ0v) is 11.0. The Labute approximate surface area is 115 Å². The van der Waals surface area contributed by atoms with Crippen LogP contribution in [0, 0.1) is 12.7 Å². The number of hydrogen-bond acceptors (Lipinski definition) is 4. The topological polar surface area (TPSA) is 94.0 Å². The van der Waals surface area contributed by atoms with Gasteiger partial charge >= 0.3 is 0 Å². The predicted octanol–water partition coefficient (Wildman–Crippen LogP) is 1.82. The molecule has 0 aliphatic rings. The van der Waals surface area contributed by atoms with Gasteiger partial charge in [0.05, 0.1) is 11.3 Å².